The summed E-state index contributed by atoms with van der Waals surface area (Å²) in [6.45, 7) is 3.01. The largest absolute Gasteiger partial charge is 0.398 e. The van der Waals surface area contributed by atoms with Crippen LogP contribution in [0.1, 0.15) is 12.0 Å². The summed E-state index contributed by atoms with van der Waals surface area (Å²) >= 11 is 0. The molecule has 0 unspecified atom stereocenters. The van der Waals surface area contributed by atoms with Gasteiger partial charge in [-0.15, -0.1) is 0 Å². The predicted molar refractivity (Wildman–Crippen MR) is 73.6 cm³/mol. The van der Waals surface area contributed by atoms with Gasteiger partial charge in [0.05, 0.1) is 6.54 Å². The Kier molecular flexibility index (Phi) is 2.92. The van der Waals surface area contributed by atoms with E-state index < -0.39 is 0 Å². The van der Waals surface area contributed by atoms with Gasteiger partial charge in [0.15, 0.2) is 0 Å². The van der Waals surface area contributed by atoms with Crippen LogP contribution in [0.5, 0.6) is 0 Å². The molecule has 0 amide bonds. The third-order valence-electron chi connectivity index (χ3n) is 3.54. The predicted octanol–water partition coefficient (Wildman–Crippen LogP) is 1.92. The molecule has 1 aromatic heterocycles. The lowest BCUT2D eigenvalue weighted by Gasteiger charge is -2.32. The molecule has 0 bridgehead atoms. The van der Waals surface area contributed by atoms with Crippen LogP contribution >= 0.6 is 0 Å². The average molecular weight is 242 g/mol. The van der Waals surface area contributed by atoms with E-state index in [0.29, 0.717) is 0 Å². The highest BCUT2D eigenvalue weighted by Gasteiger charge is 2.17. The Balaban J connectivity index is 1.77. The Morgan fingerprint density at radius 1 is 1.22 bits per heavy atom. The molecule has 2 aromatic rings. The molecular weight excluding hydrogens is 224 g/mol. The minimum absolute atomic E-state index is 0.918. The molecule has 4 nitrogen and oxygen atoms in total. The minimum atomic E-state index is 0.918. The van der Waals surface area contributed by atoms with E-state index in [4.69, 9.17) is 5.73 Å². The monoisotopic (exact) mass is 242 g/mol. The zero-order valence-electron chi connectivity index (χ0n) is 10.4. The second-order valence-electron chi connectivity index (χ2n) is 4.70. The molecule has 0 saturated heterocycles. The molecule has 0 radical (unpaired) electrons. The van der Waals surface area contributed by atoms with Gasteiger partial charge in [-0.2, -0.15) is 5.10 Å². The van der Waals surface area contributed by atoms with Gasteiger partial charge in [0.2, 0.25) is 0 Å². The lowest BCUT2D eigenvalue weighted by Crippen LogP contribution is -2.32. The Hall–Kier alpha value is -1.97. The number of anilines is 2. The first-order valence-electron chi connectivity index (χ1n) is 6.44. The topological polar surface area (TPSA) is 47.1 Å². The lowest BCUT2D eigenvalue weighted by atomic mass is 10.00. The quantitative estimate of drug-likeness (QED) is 0.836. The Bertz CT molecular complexity index is 519. The molecule has 18 heavy (non-hydrogen) atoms. The molecule has 1 aliphatic rings. The van der Waals surface area contributed by atoms with Crippen LogP contribution in [0.25, 0.3) is 0 Å². The normalized spacial score (nSPS) is 14.6. The van der Waals surface area contributed by atoms with E-state index in [9.17, 15) is 0 Å². The summed E-state index contributed by atoms with van der Waals surface area (Å²) in [4.78, 5) is 2.41. The fourth-order valence-electron chi connectivity index (χ4n) is 2.62. The van der Waals surface area contributed by atoms with Gasteiger partial charge in [0, 0.05) is 36.9 Å². The van der Waals surface area contributed by atoms with Crippen LogP contribution in [-0.4, -0.2) is 22.9 Å². The van der Waals surface area contributed by atoms with E-state index in [0.717, 1.165) is 31.7 Å². The Morgan fingerprint density at radius 2 is 2.17 bits per heavy atom. The molecule has 3 rings (SSSR count). The molecule has 94 valence electrons. The highest BCUT2D eigenvalue weighted by atomic mass is 15.3. The van der Waals surface area contributed by atoms with Crippen LogP contribution in [0.15, 0.2) is 36.7 Å². The van der Waals surface area contributed by atoms with Crippen LogP contribution in [0.4, 0.5) is 11.4 Å². The Labute approximate surface area is 107 Å². The fourth-order valence-corrected chi connectivity index (χ4v) is 2.62. The number of fused-ring (bicyclic) bond motifs is 1. The number of nitrogens with zero attached hydrogens (tertiary/aromatic N) is 3. The van der Waals surface area contributed by atoms with Crippen molar-refractivity contribution in [3.63, 3.8) is 0 Å². The van der Waals surface area contributed by atoms with Gasteiger partial charge in [-0.05, 0) is 36.6 Å². The molecule has 0 saturated carbocycles. The van der Waals surface area contributed by atoms with Crippen molar-refractivity contribution in [1.82, 2.24) is 9.78 Å². The van der Waals surface area contributed by atoms with Crippen LogP contribution in [-0.2, 0) is 13.0 Å². The van der Waals surface area contributed by atoms with E-state index in [1.54, 1.807) is 0 Å². The molecule has 2 heterocycles. The molecular formula is C14H18N4. The molecule has 2 N–H and O–H groups in total. The van der Waals surface area contributed by atoms with Crippen molar-refractivity contribution in [3.8, 4) is 0 Å². The average Bonchev–Trinajstić information content (AvgIpc) is 2.90. The summed E-state index contributed by atoms with van der Waals surface area (Å²) in [7, 11) is 0. The zero-order chi connectivity index (χ0) is 12.4. The van der Waals surface area contributed by atoms with Crippen molar-refractivity contribution in [3.05, 3.63) is 42.2 Å². The van der Waals surface area contributed by atoms with Crippen molar-refractivity contribution in [1.29, 1.82) is 0 Å². The second-order valence-corrected chi connectivity index (χ2v) is 4.70. The summed E-state index contributed by atoms with van der Waals surface area (Å²) in [5, 5.41) is 4.24. The van der Waals surface area contributed by atoms with Crippen molar-refractivity contribution in [2.75, 3.05) is 23.7 Å². The van der Waals surface area contributed by atoms with Crippen LogP contribution in [0.3, 0.4) is 0 Å². The molecule has 4 heteroatoms. The van der Waals surface area contributed by atoms with Gasteiger partial charge >= 0.3 is 0 Å². The summed E-state index contributed by atoms with van der Waals surface area (Å²) in [6, 6.07) is 8.17. The van der Waals surface area contributed by atoms with Gasteiger partial charge in [0.1, 0.15) is 0 Å². The number of hydrogen-bond donors (Lipinski definition) is 1. The van der Waals surface area contributed by atoms with Crippen molar-refractivity contribution >= 4 is 11.4 Å². The Morgan fingerprint density at radius 3 is 3.00 bits per heavy atom. The maximum Gasteiger partial charge on any atom is 0.0584 e. The SMILES string of the molecule is Nc1cccc2c1CCCN2CCn1cccn1. The van der Waals surface area contributed by atoms with Gasteiger partial charge in [-0.1, -0.05) is 6.07 Å². The zero-order valence-corrected chi connectivity index (χ0v) is 10.4. The first kappa shape index (κ1) is 11.1. The fraction of sp³-hybridized carbons (Fsp3) is 0.357. The van der Waals surface area contributed by atoms with E-state index in [1.807, 2.05) is 35.3 Å². The van der Waals surface area contributed by atoms with Crippen LogP contribution in [0, 0.1) is 0 Å². The van der Waals surface area contributed by atoms with Gasteiger partial charge < -0.3 is 10.6 Å². The van der Waals surface area contributed by atoms with Crippen molar-refractivity contribution in [2.24, 2.45) is 0 Å². The maximum absolute atomic E-state index is 6.05. The number of nitrogens with two attached hydrogens (primary N) is 1. The third-order valence-corrected chi connectivity index (χ3v) is 3.54. The van der Waals surface area contributed by atoms with E-state index in [1.165, 1.54) is 17.7 Å². The summed E-state index contributed by atoms with van der Waals surface area (Å²) in [5.74, 6) is 0. The second kappa shape index (κ2) is 4.72. The molecule has 1 aliphatic heterocycles. The van der Waals surface area contributed by atoms with E-state index in [2.05, 4.69) is 16.1 Å². The number of rotatable bonds is 3. The molecule has 1 aromatic carbocycles. The van der Waals surface area contributed by atoms with Gasteiger partial charge in [-0.3, -0.25) is 4.68 Å². The summed E-state index contributed by atoms with van der Waals surface area (Å²) < 4.78 is 1.97. The van der Waals surface area contributed by atoms with E-state index >= 15 is 0 Å². The smallest absolute Gasteiger partial charge is 0.0584 e. The van der Waals surface area contributed by atoms with Crippen molar-refractivity contribution in [2.45, 2.75) is 19.4 Å². The van der Waals surface area contributed by atoms with Crippen LogP contribution < -0.4 is 10.6 Å². The molecule has 0 atom stereocenters. The first-order valence-corrected chi connectivity index (χ1v) is 6.44. The summed E-state index contributed by atoms with van der Waals surface area (Å²) in [6.07, 6.45) is 6.10. The van der Waals surface area contributed by atoms with Crippen molar-refractivity contribution < 1.29 is 0 Å². The number of benzene rings is 1. The summed E-state index contributed by atoms with van der Waals surface area (Å²) in [5.41, 5.74) is 9.59. The molecule has 0 spiro atoms. The van der Waals surface area contributed by atoms with Gasteiger partial charge in [-0.25, -0.2) is 0 Å². The van der Waals surface area contributed by atoms with Gasteiger partial charge in [0.25, 0.3) is 0 Å². The third kappa shape index (κ3) is 2.06. The number of hydrogen-bond acceptors (Lipinski definition) is 3. The highest BCUT2D eigenvalue weighted by molar-refractivity contribution is 5.66. The lowest BCUT2D eigenvalue weighted by molar-refractivity contribution is 0.579. The highest BCUT2D eigenvalue weighted by Crippen LogP contribution is 2.30. The van der Waals surface area contributed by atoms with E-state index in [-0.39, 0.29) is 0 Å². The molecule has 0 fully saturated rings. The number of aromatic nitrogens is 2. The van der Waals surface area contributed by atoms with Crippen LogP contribution in [0.2, 0.25) is 0 Å². The maximum atomic E-state index is 6.05. The molecule has 0 aliphatic carbocycles. The first-order chi connectivity index (χ1) is 8.84. The number of nitrogen functional groups attached to an aromatic ring is 1. The minimum Gasteiger partial charge on any atom is -0.398 e. The standard InChI is InChI=1S/C14H18N4/c15-13-5-1-6-14-12(13)4-2-8-17(14)10-11-18-9-3-7-16-18/h1,3,5-7,9H,2,4,8,10-11,15H2.